The first-order valence-corrected chi connectivity index (χ1v) is 6.91. The average molecular weight is 291 g/mol. The Labute approximate surface area is 126 Å². The van der Waals surface area contributed by atoms with E-state index in [1.807, 2.05) is 22.9 Å². The molecule has 0 amide bonds. The van der Waals surface area contributed by atoms with Gasteiger partial charge in [0.25, 0.3) is 0 Å². The molecule has 0 aliphatic carbocycles. The second kappa shape index (κ2) is 4.77. The highest BCUT2D eigenvalue weighted by atomic mass is 16.3. The van der Waals surface area contributed by atoms with E-state index >= 15 is 0 Å². The molecule has 4 aromatic rings. The normalized spacial score (nSPS) is 11.2. The van der Waals surface area contributed by atoms with E-state index < -0.39 is 0 Å². The van der Waals surface area contributed by atoms with E-state index in [1.165, 1.54) is 12.7 Å². The minimum atomic E-state index is 0.563. The first kappa shape index (κ1) is 12.7. The Hall–Kier alpha value is -3.02. The van der Waals surface area contributed by atoms with Crippen LogP contribution in [0.1, 0.15) is 11.1 Å². The largest absolute Gasteiger partial charge is 0.442 e. The summed E-state index contributed by atoms with van der Waals surface area (Å²) >= 11 is 0. The van der Waals surface area contributed by atoms with Crippen LogP contribution in [0.5, 0.6) is 0 Å². The molecule has 1 aromatic carbocycles. The van der Waals surface area contributed by atoms with E-state index in [2.05, 4.69) is 46.0 Å². The SMILES string of the molecule is Cc1cccc(C)c1-n1ncnc1-c1ccc2ocnc2n1. The van der Waals surface area contributed by atoms with Crippen molar-refractivity contribution in [1.82, 2.24) is 24.7 Å². The van der Waals surface area contributed by atoms with Crippen LogP contribution in [-0.2, 0) is 0 Å². The third kappa shape index (κ3) is 1.88. The van der Waals surface area contributed by atoms with Crippen LogP contribution in [0.15, 0.2) is 47.5 Å². The molecule has 0 fully saturated rings. The van der Waals surface area contributed by atoms with Crippen LogP contribution >= 0.6 is 0 Å². The third-order valence-electron chi connectivity index (χ3n) is 3.62. The molecule has 0 unspecified atom stereocenters. The lowest BCUT2D eigenvalue weighted by Crippen LogP contribution is -2.05. The first-order valence-electron chi connectivity index (χ1n) is 6.91. The van der Waals surface area contributed by atoms with Crippen LogP contribution in [0.3, 0.4) is 0 Å². The number of hydrogen-bond donors (Lipinski definition) is 0. The molecule has 0 aliphatic heterocycles. The molecule has 0 saturated heterocycles. The Morgan fingerprint density at radius 3 is 2.64 bits per heavy atom. The maximum atomic E-state index is 5.23. The number of hydrogen-bond acceptors (Lipinski definition) is 5. The molecule has 6 nitrogen and oxygen atoms in total. The number of fused-ring (bicyclic) bond motifs is 1. The van der Waals surface area contributed by atoms with E-state index in [1.54, 1.807) is 0 Å². The van der Waals surface area contributed by atoms with Crippen molar-refractivity contribution in [3.8, 4) is 17.2 Å². The number of benzene rings is 1. The zero-order chi connectivity index (χ0) is 15.1. The van der Waals surface area contributed by atoms with Gasteiger partial charge >= 0.3 is 0 Å². The topological polar surface area (TPSA) is 69.6 Å². The molecule has 22 heavy (non-hydrogen) atoms. The van der Waals surface area contributed by atoms with Gasteiger partial charge in [-0.05, 0) is 37.1 Å². The summed E-state index contributed by atoms with van der Waals surface area (Å²) in [6.45, 7) is 4.12. The fourth-order valence-corrected chi connectivity index (χ4v) is 2.60. The number of nitrogens with zero attached hydrogens (tertiary/aromatic N) is 5. The first-order chi connectivity index (χ1) is 10.7. The number of para-hydroxylation sites is 1. The van der Waals surface area contributed by atoms with Gasteiger partial charge in [0, 0.05) is 0 Å². The van der Waals surface area contributed by atoms with Crippen LogP contribution in [-0.4, -0.2) is 24.7 Å². The van der Waals surface area contributed by atoms with Crippen molar-refractivity contribution in [2.75, 3.05) is 0 Å². The molecular formula is C16H13N5O. The number of pyridine rings is 1. The number of rotatable bonds is 2. The van der Waals surface area contributed by atoms with Gasteiger partial charge in [-0.15, -0.1) is 0 Å². The molecule has 0 bridgehead atoms. The monoisotopic (exact) mass is 291 g/mol. The predicted molar refractivity (Wildman–Crippen MR) is 81.6 cm³/mol. The van der Waals surface area contributed by atoms with Crippen molar-refractivity contribution in [1.29, 1.82) is 0 Å². The van der Waals surface area contributed by atoms with Crippen LogP contribution in [0.2, 0.25) is 0 Å². The van der Waals surface area contributed by atoms with Crippen LogP contribution in [0.4, 0.5) is 0 Å². The van der Waals surface area contributed by atoms with Gasteiger partial charge in [0.2, 0.25) is 0 Å². The lowest BCUT2D eigenvalue weighted by atomic mass is 10.1. The second-order valence-electron chi connectivity index (χ2n) is 5.11. The zero-order valence-electron chi connectivity index (χ0n) is 12.2. The van der Waals surface area contributed by atoms with Gasteiger partial charge in [0.1, 0.15) is 12.0 Å². The third-order valence-corrected chi connectivity index (χ3v) is 3.62. The summed E-state index contributed by atoms with van der Waals surface area (Å²) in [5.74, 6) is 0.683. The number of oxazole rings is 1. The molecular weight excluding hydrogens is 278 g/mol. The number of aryl methyl sites for hydroxylation is 2. The molecule has 3 heterocycles. The van der Waals surface area contributed by atoms with Crippen LogP contribution in [0.25, 0.3) is 28.4 Å². The predicted octanol–water partition coefficient (Wildman–Crippen LogP) is 3.09. The maximum Gasteiger partial charge on any atom is 0.199 e. The Bertz CT molecular complexity index is 949. The van der Waals surface area contributed by atoms with Gasteiger partial charge in [0.15, 0.2) is 23.4 Å². The molecule has 0 saturated carbocycles. The summed E-state index contributed by atoms with van der Waals surface area (Å²) in [7, 11) is 0. The van der Waals surface area contributed by atoms with Crippen molar-refractivity contribution >= 4 is 11.2 Å². The fraction of sp³-hybridized carbons (Fsp3) is 0.125. The molecule has 108 valence electrons. The smallest absolute Gasteiger partial charge is 0.199 e. The van der Waals surface area contributed by atoms with Gasteiger partial charge in [-0.2, -0.15) is 10.1 Å². The van der Waals surface area contributed by atoms with Crippen molar-refractivity contribution in [3.63, 3.8) is 0 Å². The van der Waals surface area contributed by atoms with Crippen molar-refractivity contribution < 1.29 is 4.42 Å². The standard InChI is InChI=1S/C16H13N5O/c1-10-4-3-5-11(2)14(10)21-16(17-8-19-21)12-6-7-13-15(20-12)18-9-22-13/h3-9H,1-2H3. The highest BCUT2D eigenvalue weighted by Crippen LogP contribution is 2.24. The average Bonchev–Trinajstić information content (AvgIpc) is 3.15. The van der Waals surface area contributed by atoms with E-state index in [0.29, 0.717) is 22.7 Å². The second-order valence-corrected chi connectivity index (χ2v) is 5.11. The molecule has 0 spiro atoms. The van der Waals surface area contributed by atoms with Gasteiger partial charge in [-0.25, -0.2) is 14.6 Å². The highest BCUT2D eigenvalue weighted by molar-refractivity contribution is 5.71. The number of aromatic nitrogens is 5. The van der Waals surface area contributed by atoms with Gasteiger partial charge in [-0.1, -0.05) is 18.2 Å². The maximum absolute atomic E-state index is 5.23. The molecule has 0 N–H and O–H groups in total. The zero-order valence-corrected chi connectivity index (χ0v) is 12.2. The molecule has 0 aliphatic rings. The van der Waals surface area contributed by atoms with Crippen molar-refractivity contribution in [3.05, 3.63) is 54.2 Å². The highest BCUT2D eigenvalue weighted by Gasteiger charge is 2.15. The van der Waals surface area contributed by atoms with E-state index in [0.717, 1.165) is 16.8 Å². The molecule has 3 aromatic heterocycles. The molecule has 0 radical (unpaired) electrons. The van der Waals surface area contributed by atoms with Gasteiger partial charge in [-0.3, -0.25) is 0 Å². The summed E-state index contributed by atoms with van der Waals surface area (Å²) < 4.78 is 7.05. The minimum Gasteiger partial charge on any atom is -0.442 e. The van der Waals surface area contributed by atoms with Crippen LogP contribution in [0, 0.1) is 13.8 Å². The minimum absolute atomic E-state index is 0.563. The van der Waals surface area contributed by atoms with E-state index in [-0.39, 0.29) is 0 Å². The Balaban J connectivity index is 1.93. The quantitative estimate of drug-likeness (QED) is 0.567. The van der Waals surface area contributed by atoms with Crippen molar-refractivity contribution in [2.24, 2.45) is 0 Å². The summed E-state index contributed by atoms with van der Waals surface area (Å²) in [5, 5.41) is 4.37. The fourth-order valence-electron chi connectivity index (χ4n) is 2.60. The summed E-state index contributed by atoms with van der Waals surface area (Å²) in [4.78, 5) is 13.0. The lowest BCUT2D eigenvalue weighted by Gasteiger charge is -2.11. The molecule has 0 atom stereocenters. The van der Waals surface area contributed by atoms with Gasteiger partial charge in [0.05, 0.1) is 5.69 Å². The molecule has 6 heteroatoms. The Morgan fingerprint density at radius 2 is 1.82 bits per heavy atom. The summed E-state index contributed by atoms with van der Waals surface area (Å²) in [6.07, 6.45) is 2.92. The van der Waals surface area contributed by atoms with Crippen LogP contribution < -0.4 is 0 Å². The lowest BCUT2D eigenvalue weighted by molar-refractivity contribution is 0.602. The van der Waals surface area contributed by atoms with Crippen molar-refractivity contribution in [2.45, 2.75) is 13.8 Å². The Kier molecular flexibility index (Phi) is 2.75. The molecule has 4 rings (SSSR count). The van der Waals surface area contributed by atoms with Gasteiger partial charge < -0.3 is 4.42 Å². The Morgan fingerprint density at radius 1 is 1.00 bits per heavy atom. The van der Waals surface area contributed by atoms with E-state index in [9.17, 15) is 0 Å². The van der Waals surface area contributed by atoms with E-state index in [4.69, 9.17) is 4.42 Å². The summed E-state index contributed by atoms with van der Waals surface area (Å²) in [5.41, 5.74) is 5.22. The summed E-state index contributed by atoms with van der Waals surface area (Å²) in [6, 6.07) is 9.85.